The normalized spacial score (nSPS) is 17.8. The summed E-state index contributed by atoms with van der Waals surface area (Å²) in [5, 5.41) is 8.42. The maximum Gasteiger partial charge on any atom is 0.233 e. The van der Waals surface area contributed by atoms with Crippen LogP contribution in [-0.2, 0) is 12.8 Å². The largest absolute Gasteiger partial charge is 0.476 e. The monoisotopic (exact) mass is 329 g/mol. The summed E-state index contributed by atoms with van der Waals surface area (Å²) < 4.78 is 18.7. The molecule has 1 fully saturated rings. The van der Waals surface area contributed by atoms with Crippen molar-refractivity contribution in [3.05, 3.63) is 35.5 Å². The molecule has 0 N–H and O–H groups in total. The summed E-state index contributed by atoms with van der Waals surface area (Å²) in [7, 11) is 0. The average Bonchev–Trinajstić information content (AvgIpc) is 3.09. The molecule has 2 aromatic rings. The van der Waals surface area contributed by atoms with E-state index in [1.807, 2.05) is 6.07 Å². The molecule has 126 valence electrons. The molecule has 7 heteroatoms. The van der Waals surface area contributed by atoms with Crippen LogP contribution in [0, 0.1) is 11.7 Å². The van der Waals surface area contributed by atoms with Crippen LogP contribution in [0.15, 0.2) is 18.5 Å². The zero-order valence-electron chi connectivity index (χ0n) is 13.5. The van der Waals surface area contributed by atoms with Gasteiger partial charge in [0.05, 0.1) is 24.7 Å². The van der Waals surface area contributed by atoms with Crippen LogP contribution in [0.2, 0.25) is 0 Å². The number of halogens is 1. The van der Waals surface area contributed by atoms with Gasteiger partial charge in [-0.3, -0.25) is 0 Å². The third-order valence-electron chi connectivity index (χ3n) is 4.77. The van der Waals surface area contributed by atoms with Crippen molar-refractivity contribution in [2.75, 3.05) is 24.6 Å². The second-order valence-electron chi connectivity index (χ2n) is 6.45. The van der Waals surface area contributed by atoms with Crippen LogP contribution >= 0.6 is 0 Å². The molecule has 0 saturated carbocycles. The second kappa shape index (κ2) is 6.67. The molecule has 2 aromatic heterocycles. The van der Waals surface area contributed by atoms with E-state index in [-0.39, 0.29) is 0 Å². The first-order valence-electron chi connectivity index (χ1n) is 8.49. The van der Waals surface area contributed by atoms with E-state index >= 15 is 0 Å². The van der Waals surface area contributed by atoms with Gasteiger partial charge in [-0.2, -0.15) is 5.10 Å². The van der Waals surface area contributed by atoms with E-state index in [9.17, 15) is 4.39 Å². The van der Waals surface area contributed by atoms with Crippen molar-refractivity contribution in [1.82, 2.24) is 20.2 Å². The fourth-order valence-corrected chi connectivity index (χ4v) is 3.35. The molecule has 3 heterocycles. The van der Waals surface area contributed by atoms with Crippen LogP contribution in [0.25, 0.3) is 0 Å². The topological polar surface area (TPSA) is 64.0 Å². The highest BCUT2D eigenvalue weighted by atomic mass is 19.1. The molecular weight excluding hydrogens is 309 g/mol. The van der Waals surface area contributed by atoms with Crippen LogP contribution < -0.4 is 9.64 Å². The highest BCUT2D eigenvalue weighted by molar-refractivity contribution is 5.29. The van der Waals surface area contributed by atoms with Gasteiger partial charge in [0.15, 0.2) is 5.82 Å². The van der Waals surface area contributed by atoms with Gasteiger partial charge in [-0.25, -0.2) is 14.4 Å². The lowest BCUT2D eigenvalue weighted by molar-refractivity contribution is 0.213. The molecule has 2 aliphatic rings. The molecule has 0 atom stereocenters. The van der Waals surface area contributed by atoms with Gasteiger partial charge in [0.1, 0.15) is 0 Å². The van der Waals surface area contributed by atoms with Crippen molar-refractivity contribution in [1.29, 1.82) is 0 Å². The number of hydrogen-bond acceptors (Lipinski definition) is 6. The van der Waals surface area contributed by atoms with Gasteiger partial charge in [-0.05, 0) is 43.6 Å². The number of aromatic nitrogens is 4. The van der Waals surface area contributed by atoms with Gasteiger partial charge in [-0.1, -0.05) is 0 Å². The van der Waals surface area contributed by atoms with Gasteiger partial charge < -0.3 is 9.64 Å². The summed E-state index contributed by atoms with van der Waals surface area (Å²) in [4.78, 5) is 10.2. The predicted molar refractivity (Wildman–Crippen MR) is 86.5 cm³/mol. The molecule has 0 radical (unpaired) electrons. The van der Waals surface area contributed by atoms with Crippen molar-refractivity contribution >= 4 is 5.95 Å². The molecule has 0 bridgehead atoms. The standard InChI is InChI=1S/C17H20FN5O/c18-14-9-19-17(20-10-14)23-6-4-12(5-7-23)11-24-16-8-13-2-1-3-15(13)21-22-16/h8-10,12H,1-7,11H2. The number of rotatable bonds is 4. The summed E-state index contributed by atoms with van der Waals surface area (Å²) in [6.45, 7) is 2.37. The van der Waals surface area contributed by atoms with E-state index in [0.717, 1.165) is 50.9 Å². The summed E-state index contributed by atoms with van der Waals surface area (Å²) in [5.74, 6) is 1.31. The highest BCUT2D eigenvalue weighted by Crippen LogP contribution is 2.24. The first-order valence-corrected chi connectivity index (χ1v) is 8.49. The zero-order chi connectivity index (χ0) is 16.4. The van der Waals surface area contributed by atoms with Crippen molar-refractivity contribution in [3.63, 3.8) is 0 Å². The summed E-state index contributed by atoms with van der Waals surface area (Å²) in [5.41, 5.74) is 2.40. The average molecular weight is 329 g/mol. The minimum atomic E-state index is -0.405. The van der Waals surface area contributed by atoms with Crippen LogP contribution in [0.5, 0.6) is 5.88 Å². The van der Waals surface area contributed by atoms with Gasteiger partial charge in [0.2, 0.25) is 11.8 Å². The number of ether oxygens (including phenoxy) is 1. The van der Waals surface area contributed by atoms with E-state index < -0.39 is 5.82 Å². The second-order valence-corrected chi connectivity index (χ2v) is 6.45. The van der Waals surface area contributed by atoms with E-state index in [4.69, 9.17) is 4.74 Å². The lowest BCUT2D eigenvalue weighted by atomic mass is 9.98. The van der Waals surface area contributed by atoms with Crippen molar-refractivity contribution in [2.24, 2.45) is 5.92 Å². The fraction of sp³-hybridized carbons (Fsp3) is 0.529. The Labute approximate surface area is 140 Å². The van der Waals surface area contributed by atoms with Gasteiger partial charge >= 0.3 is 0 Å². The van der Waals surface area contributed by atoms with Crippen molar-refractivity contribution in [2.45, 2.75) is 32.1 Å². The lowest BCUT2D eigenvalue weighted by Gasteiger charge is -2.31. The Hall–Kier alpha value is -2.31. The number of nitrogens with zero attached hydrogens (tertiary/aromatic N) is 5. The van der Waals surface area contributed by atoms with Gasteiger partial charge in [0.25, 0.3) is 0 Å². The number of aryl methyl sites for hydroxylation is 2. The Morgan fingerprint density at radius 2 is 1.92 bits per heavy atom. The minimum absolute atomic E-state index is 0.405. The lowest BCUT2D eigenvalue weighted by Crippen LogP contribution is -2.36. The molecule has 1 aliphatic heterocycles. The summed E-state index contributed by atoms with van der Waals surface area (Å²) >= 11 is 0. The van der Waals surface area contributed by atoms with Crippen LogP contribution in [-0.4, -0.2) is 39.9 Å². The van der Waals surface area contributed by atoms with E-state index in [2.05, 4.69) is 25.1 Å². The molecular formula is C17H20FN5O. The Balaban J connectivity index is 1.28. The van der Waals surface area contributed by atoms with Crippen LogP contribution in [0.1, 0.15) is 30.5 Å². The summed E-state index contributed by atoms with van der Waals surface area (Å²) in [6, 6.07) is 2.04. The van der Waals surface area contributed by atoms with Gasteiger partial charge in [-0.15, -0.1) is 5.10 Å². The molecule has 24 heavy (non-hydrogen) atoms. The Bertz CT molecular complexity index is 701. The minimum Gasteiger partial charge on any atom is -0.476 e. The summed E-state index contributed by atoms with van der Waals surface area (Å²) in [6.07, 6.45) is 7.70. The Morgan fingerprint density at radius 1 is 1.12 bits per heavy atom. The van der Waals surface area contributed by atoms with Crippen LogP contribution in [0.3, 0.4) is 0 Å². The van der Waals surface area contributed by atoms with E-state index in [0.29, 0.717) is 24.4 Å². The van der Waals surface area contributed by atoms with E-state index in [1.54, 1.807) is 0 Å². The Kier molecular flexibility index (Phi) is 4.23. The first-order chi connectivity index (χ1) is 11.8. The molecule has 0 aromatic carbocycles. The molecule has 1 aliphatic carbocycles. The zero-order valence-corrected chi connectivity index (χ0v) is 13.5. The third kappa shape index (κ3) is 3.29. The van der Waals surface area contributed by atoms with Crippen molar-refractivity contribution in [3.8, 4) is 5.88 Å². The molecule has 1 saturated heterocycles. The van der Waals surface area contributed by atoms with Crippen LogP contribution in [0.4, 0.5) is 10.3 Å². The third-order valence-corrected chi connectivity index (χ3v) is 4.77. The highest BCUT2D eigenvalue weighted by Gasteiger charge is 2.22. The molecule has 0 spiro atoms. The number of fused-ring (bicyclic) bond motifs is 1. The maximum absolute atomic E-state index is 12.9. The number of piperidine rings is 1. The SMILES string of the molecule is Fc1cnc(N2CCC(COc3cc4c(nn3)CCC4)CC2)nc1. The quantitative estimate of drug-likeness (QED) is 0.857. The molecule has 0 amide bonds. The van der Waals surface area contributed by atoms with Crippen molar-refractivity contribution < 1.29 is 9.13 Å². The fourth-order valence-electron chi connectivity index (χ4n) is 3.35. The predicted octanol–water partition coefficient (Wildman–Crippen LogP) is 2.19. The number of hydrogen-bond donors (Lipinski definition) is 0. The molecule has 0 unspecified atom stereocenters. The molecule has 6 nitrogen and oxygen atoms in total. The first kappa shape index (κ1) is 15.2. The van der Waals surface area contributed by atoms with Gasteiger partial charge in [0, 0.05) is 19.2 Å². The number of anilines is 1. The molecule has 4 rings (SSSR count). The smallest absolute Gasteiger partial charge is 0.233 e. The van der Waals surface area contributed by atoms with E-state index in [1.165, 1.54) is 18.0 Å². The maximum atomic E-state index is 12.9. The Morgan fingerprint density at radius 3 is 2.71 bits per heavy atom.